The van der Waals surface area contributed by atoms with E-state index in [1.165, 1.54) is 0 Å². The van der Waals surface area contributed by atoms with Gasteiger partial charge in [-0.2, -0.15) is 11.8 Å². The lowest BCUT2D eigenvalue weighted by Gasteiger charge is -2.34. The first-order chi connectivity index (χ1) is 9.58. The number of rotatable bonds is 7. The standard InChI is InChI=1S/C13H25N3O3S/c1-3-15(4-2)6-5-14-13(19)16-7-8-20-10-11(16)9-12(17)18/h11H,3-10H2,1-2H3,(H,14,19)(H,17,18). The molecule has 0 radical (unpaired) electrons. The van der Waals surface area contributed by atoms with Gasteiger partial charge in [0.05, 0.1) is 12.5 Å². The van der Waals surface area contributed by atoms with Crippen LogP contribution in [0.25, 0.3) is 0 Å². The Balaban J connectivity index is 2.41. The molecule has 0 bridgehead atoms. The molecule has 2 N–H and O–H groups in total. The number of amides is 2. The smallest absolute Gasteiger partial charge is 0.317 e. The van der Waals surface area contributed by atoms with Crippen molar-refractivity contribution in [2.45, 2.75) is 26.3 Å². The number of aliphatic carboxylic acids is 1. The number of nitrogens with one attached hydrogen (secondary N) is 1. The molecule has 1 aliphatic rings. The van der Waals surface area contributed by atoms with Gasteiger partial charge in [0.15, 0.2) is 0 Å². The van der Waals surface area contributed by atoms with Gasteiger partial charge in [-0.05, 0) is 13.1 Å². The van der Waals surface area contributed by atoms with Gasteiger partial charge >= 0.3 is 12.0 Å². The lowest BCUT2D eigenvalue weighted by Crippen LogP contribution is -2.52. The zero-order chi connectivity index (χ0) is 15.0. The molecule has 20 heavy (non-hydrogen) atoms. The van der Waals surface area contributed by atoms with E-state index in [0.717, 1.165) is 25.4 Å². The topological polar surface area (TPSA) is 72.9 Å². The monoisotopic (exact) mass is 303 g/mol. The normalized spacial score (nSPS) is 19.1. The Morgan fingerprint density at radius 1 is 1.40 bits per heavy atom. The van der Waals surface area contributed by atoms with Gasteiger partial charge < -0.3 is 20.2 Å². The summed E-state index contributed by atoms with van der Waals surface area (Å²) in [5, 5.41) is 11.8. The van der Waals surface area contributed by atoms with Crippen molar-refractivity contribution in [3.8, 4) is 0 Å². The highest BCUT2D eigenvalue weighted by Crippen LogP contribution is 2.18. The molecule has 6 nitrogen and oxygen atoms in total. The zero-order valence-corrected chi connectivity index (χ0v) is 13.1. The summed E-state index contributed by atoms with van der Waals surface area (Å²) >= 11 is 1.71. The molecule has 1 rings (SSSR count). The third-order valence-electron chi connectivity index (χ3n) is 3.50. The van der Waals surface area contributed by atoms with Crippen molar-refractivity contribution in [1.29, 1.82) is 0 Å². The lowest BCUT2D eigenvalue weighted by atomic mass is 10.2. The minimum absolute atomic E-state index is 0.0243. The number of likely N-dealkylation sites (N-methyl/N-ethyl adjacent to an activating group) is 1. The van der Waals surface area contributed by atoms with E-state index in [1.807, 2.05) is 0 Å². The Morgan fingerprint density at radius 3 is 2.70 bits per heavy atom. The maximum absolute atomic E-state index is 12.1. The Morgan fingerprint density at radius 2 is 2.10 bits per heavy atom. The molecule has 0 aromatic rings. The third kappa shape index (κ3) is 5.58. The highest BCUT2D eigenvalue weighted by molar-refractivity contribution is 7.99. The summed E-state index contributed by atoms with van der Waals surface area (Å²) in [6.07, 6.45) is 0.0243. The van der Waals surface area contributed by atoms with Crippen LogP contribution in [0.4, 0.5) is 4.79 Å². The third-order valence-corrected chi connectivity index (χ3v) is 4.59. The molecule has 1 fully saturated rings. The first kappa shape index (κ1) is 17.1. The molecular formula is C13H25N3O3S. The second-order valence-electron chi connectivity index (χ2n) is 4.78. The molecule has 116 valence electrons. The number of thioether (sulfide) groups is 1. The van der Waals surface area contributed by atoms with E-state index in [4.69, 9.17) is 5.11 Å². The van der Waals surface area contributed by atoms with Gasteiger partial charge in [0.2, 0.25) is 0 Å². The van der Waals surface area contributed by atoms with Gasteiger partial charge in [-0.3, -0.25) is 4.79 Å². The van der Waals surface area contributed by atoms with Gasteiger partial charge in [-0.25, -0.2) is 4.79 Å². The molecule has 0 aromatic carbocycles. The number of carbonyl (C=O) groups is 2. The van der Waals surface area contributed by atoms with Crippen molar-refractivity contribution >= 4 is 23.8 Å². The molecule has 1 heterocycles. The van der Waals surface area contributed by atoms with Crippen LogP contribution in [0.15, 0.2) is 0 Å². The highest BCUT2D eigenvalue weighted by atomic mass is 32.2. The van der Waals surface area contributed by atoms with Crippen LogP contribution in [0.1, 0.15) is 20.3 Å². The molecule has 0 aromatic heterocycles. The molecule has 1 aliphatic heterocycles. The maximum Gasteiger partial charge on any atom is 0.317 e. The average molecular weight is 303 g/mol. The van der Waals surface area contributed by atoms with Crippen LogP contribution in [0, 0.1) is 0 Å². The molecule has 7 heteroatoms. The molecule has 0 saturated carbocycles. The fourth-order valence-electron chi connectivity index (χ4n) is 2.26. The summed E-state index contributed by atoms with van der Waals surface area (Å²) in [6, 6.07) is -0.330. The van der Waals surface area contributed by atoms with Crippen molar-refractivity contribution in [2.75, 3.05) is 44.2 Å². The number of hydrogen-bond acceptors (Lipinski definition) is 4. The second-order valence-corrected chi connectivity index (χ2v) is 5.93. The quantitative estimate of drug-likeness (QED) is 0.732. The predicted octanol–water partition coefficient (Wildman–Crippen LogP) is 0.930. The summed E-state index contributed by atoms with van der Waals surface area (Å²) in [5.74, 6) is 0.730. The number of nitrogens with zero attached hydrogens (tertiary/aromatic N) is 2. The Bertz CT molecular complexity index is 324. The number of hydrogen-bond donors (Lipinski definition) is 2. The predicted molar refractivity (Wildman–Crippen MR) is 81.3 cm³/mol. The Labute approximate surface area is 124 Å². The van der Waals surface area contributed by atoms with Crippen molar-refractivity contribution in [3.05, 3.63) is 0 Å². The van der Waals surface area contributed by atoms with Crippen LogP contribution in [-0.4, -0.2) is 77.2 Å². The van der Waals surface area contributed by atoms with Gasteiger partial charge in [0.25, 0.3) is 0 Å². The summed E-state index contributed by atoms with van der Waals surface area (Å²) < 4.78 is 0. The Hall–Kier alpha value is -0.950. The maximum atomic E-state index is 12.1. The summed E-state index contributed by atoms with van der Waals surface area (Å²) in [7, 11) is 0. The lowest BCUT2D eigenvalue weighted by molar-refractivity contribution is -0.137. The van der Waals surface area contributed by atoms with E-state index < -0.39 is 5.97 Å². The number of urea groups is 1. The van der Waals surface area contributed by atoms with Crippen LogP contribution < -0.4 is 5.32 Å². The minimum Gasteiger partial charge on any atom is -0.481 e. The van der Waals surface area contributed by atoms with Crippen LogP contribution in [0.2, 0.25) is 0 Å². The average Bonchev–Trinajstić information content (AvgIpc) is 2.43. The van der Waals surface area contributed by atoms with Crippen molar-refractivity contribution in [1.82, 2.24) is 15.1 Å². The van der Waals surface area contributed by atoms with Crippen LogP contribution >= 0.6 is 11.8 Å². The number of carbonyl (C=O) groups excluding carboxylic acids is 1. The molecular weight excluding hydrogens is 278 g/mol. The van der Waals surface area contributed by atoms with Crippen LogP contribution in [-0.2, 0) is 4.79 Å². The minimum atomic E-state index is -0.849. The number of carboxylic acids is 1. The molecule has 1 atom stereocenters. The largest absolute Gasteiger partial charge is 0.481 e. The van der Waals surface area contributed by atoms with Crippen LogP contribution in [0.3, 0.4) is 0 Å². The molecule has 0 spiro atoms. The SMILES string of the molecule is CCN(CC)CCNC(=O)N1CCSCC1CC(=O)O. The first-order valence-electron chi connectivity index (χ1n) is 7.14. The summed E-state index contributed by atoms with van der Waals surface area (Å²) in [5.41, 5.74) is 0. The van der Waals surface area contributed by atoms with Gasteiger partial charge in [0, 0.05) is 31.1 Å². The summed E-state index contributed by atoms with van der Waals surface area (Å²) in [4.78, 5) is 26.9. The van der Waals surface area contributed by atoms with E-state index in [-0.39, 0.29) is 18.5 Å². The van der Waals surface area contributed by atoms with Gasteiger partial charge in [-0.15, -0.1) is 0 Å². The van der Waals surface area contributed by atoms with Crippen molar-refractivity contribution in [2.24, 2.45) is 0 Å². The van der Waals surface area contributed by atoms with E-state index in [0.29, 0.717) is 18.8 Å². The second kappa shape index (κ2) is 9.07. The fraction of sp³-hybridized carbons (Fsp3) is 0.846. The van der Waals surface area contributed by atoms with E-state index >= 15 is 0 Å². The molecule has 0 aliphatic carbocycles. The van der Waals surface area contributed by atoms with E-state index in [9.17, 15) is 9.59 Å². The van der Waals surface area contributed by atoms with Crippen molar-refractivity contribution < 1.29 is 14.7 Å². The number of carboxylic acid groups (broad SMARTS) is 1. The van der Waals surface area contributed by atoms with Gasteiger partial charge in [-0.1, -0.05) is 13.8 Å². The Kier molecular flexibility index (Phi) is 7.76. The van der Waals surface area contributed by atoms with Crippen LogP contribution in [0.5, 0.6) is 0 Å². The molecule has 1 unspecified atom stereocenters. The van der Waals surface area contributed by atoms with Gasteiger partial charge in [0.1, 0.15) is 0 Å². The molecule has 1 saturated heterocycles. The van der Waals surface area contributed by atoms with E-state index in [2.05, 4.69) is 24.1 Å². The van der Waals surface area contributed by atoms with Crippen molar-refractivity contribution in [3.63, 3.8) is 0 Å². The summed E-state index contributed by atoms with van der Waals surface area (Å²) in [6.45, 7) is 8.17. The zero-order valence-electron chi connectivity index (χ0n) is 12.3. The molecule has 2 amide bonds. The highest BCUT2D eigenvalue weighted by Gasteiger charge is 2.28. The fourth-order valence-corrected chi connectivity index (χ4v) is 3.32. The first-order valence-corrected chi connectivity index (χ1v) is 8.30. The van der Waals surface area contributed by atoms with E-state index in [1.54, 1.807) is 16.7 Å².